The zero-order chi connectivity index (χ0) is 21.9. The van der Waals surface area contributed by atoms with E-state index in [0.29, 0.717) is 12.0 Å². The highest BCUT2D eigenvalue weighted by molar-refractivity contribution is 6.00. The molecule has 0 saturated carbocycles. The quantitative estimate of drug-likeness (QED) is 0.596. The molecule has 156 valence electrons. The molecule has 0 radical (unpaired) electrons. The Morgan fingerprint density at radius 3 is 2.13 bits per heavy atom. The van der Waals surface area contributed by atoms with Crippen molar-refractivity contribution in [1.29, 1.82) is 0 Å². The number of nitrogens with zero attached hydrogens (tertiary/aromatic N) is 1. The lowest BCUT2D eigenvalue weighted by Crippen LogP contribution is -2.25. The number of amides is 1. The largest absolute Gasteiger partial charge is 0.481 e. The average molecular weight is 405 g/mol. The predicted octanol–water partition coefficient (Wildman–Crippen LogP) is 5.16. The Kier molecular flexibility index (Phi) is 6.11. The minimum Gasteiger partial charge on any atom is -0.481 e. The zero-order valence-corrected chi connectivity index (χ0v) is 17.9. The molecule has 0 unspecified atom stereocenters. The van der Waals surface area contributed by atoms with Crippen LogP contribution in [0.3, 0.4) is 0 Å². The second-order valence-electron chi connectivity index (χ2n) is 8.57. The third kappa shape index (κ3) is 4.98. The Morgan fingerprint density at radius 1 is 0.933 bits per heavy atom. The van der Waals surface area contributed by atoms with Gasteiger partial charge in [-0.3, -0.25) is 19.7 Å². The van der Waals surface area contributed by atoms with Gasteiger partial charge in [0.25, 0.3) is 5.91 Å². The van der Waals surface area contributed by atoms with Gasteiger partial charge in [-0.05, 0) is 42.2 Å². The Hall–Kier alpha value is -3.34. The molecule has 0 aliphatic heterocycles. The van der Waals surface area contributed by atoms with Crippen LogP contribution in [0.15, 0.2) is 60.7 Å². The lowest BCUT2D eigenvalue weighted by Gasteiger charge is -2.19. The van der Waals surface area contributed by atoms with Gasteiger partial charge in [-0.2, -0.15) is 0 Å². The van der Waals surface area contributed by atoms with Crippen LogP contribution in [0.2, 0.25) is 0 Å². The van der Waals surface area contributed by atoms with Gasteiger partial charge in [0.05, 0.1) is 12.1 Å². The molecule has 1 heterocycles. The number of aromatic nitrogens is 1. The summed E-state index contributed by atoms with van der Waals surface area (Å²) in [5.41, 5.74) is 8.33. The molecule has 1 amide bonds. The normalized spacial score (nSPS) is 11.3. The van der Waals surface area contributed by atoms with E-state index in [1.165, 1.54) is 0 Å². The molecule has 5 nitrogen and oxygen atoms in total. The maximum absolute atomic E-state index is 13.0. The van der Waals surface area contributed by atoms with Gasteiger partial charge in [-0.1, -0.05) is 62.7 Å². The highest BCUT2D eigenvalue weighted by Crippen LogP contribution is 2.24. The summed E-state index contributed by atoms with van der Waals surface area (Å²) in [5, 5.41) is 9.07. The summed E-state index contributed by atoms with van der Waals surface area (Å²) >= 11 is 0. The van der Waals surface area contributed by atoms with Crippen molar-refractivity contribution in [2.45, 2.75) is 46.0 Å². The Balaban J connectivity index is 1.92. The van der Waals surface area contributed by atoms with Gasteiger partial charge in [0.15, 0.2) is 0 Å². The third-order valence-electron chi connectivity index (χ3n) is 5.13. The van der Waals surface area contributed by atoms with E-state index in [2.05, 4.69) is 26.2 Å². The molecule has 30 heavy (non-hydrogen) atoms. The second-order valence-corrected chi connectivity index (χ2v) is 8.57. The highest BCUT2D eigenvalue weighted by atomic mass is 16.4. The molecule has 2 aromatic carbocycles. The molecule has 0 aliphatic carbocycles. The first-order valence-corrected chi connectivity index (χ1v) is 10.1. The number of hydrogen-bond donors (Lipinski definition) is 2. The number of aliphatic carboxylic acids is 1. The van der Waals surface area contributed by atoms with Crippen LogP contribution in [0.1, 0.15) is 54.4 Å². The van der Waals surface area contributed by atoms with Gasteiger partial charge >= 0.3 is 5.97 Å². The maximum atomic E-state index is 13.0. The van der Waals surface area contributed by atoms with E-state index >= 15 is 0 Å². The predicted molar refractivity (Wildman–Crippen MR) is 119 cm³/mol. The van der Waals surface area contributed by atoms with Crippen molar-refractivity contribution in [3.05, 3.63) is 83.0 Å². The number of rotatable bonds is 6. The van der Waals surface area contributed by atoms with Crippen molar-refractivity contribution < 1.29 is 14.7 Å². The number of hydrogen-bond acceptors (Lipinski definition) is 2. The Morgan fingerprint density at radius 2 is 1.57 bits per heavy atom. The van der Waals surface area contributed by atoms with Crippen LogP contribution in [-0.4, -0.2) is 21.7 Å². The Bertz CT molecular complexity index is 1040. The van der Waals surface area contributed by atoms with Crippen molar-refractivity contribution in [1.82, 2.24) is 4.68 Å². The van der Waals surface area contributed by atoms with Crippen LogP contribution in [0.25, 0.3) is 11.3 Å². The minimum atomic E-state index is -0.872. The smallest absolute Gasteiger partial charge is 0.303 e. The molecule has 0 aliphatic rings. The lowest BCUT2D eigenvalue weighted by molar-refractivity contribution is -0.136. The van der Waals surface area contributed by atoms with Gasteiger partial charge in [-0.15, -0.1) is 0 Å². The summed E-state index contributed by atoms with van der Waals surface area (Å²) in [6, 6.07) is 19.4. The summed E-state index contributed by atoms with van der Waals surface area (Å²) in [4.78, 5) is 24.0. The molecular weight excluding hydrogens is 376 g/mol. The molecule has 0 fully saturated rings. The van der Waals surface area contributed by atoms with Gasteiger partial charge in [0.1, 0.15) is 0 Å². The highest BCUT2D eigenvalue weighted by Gasteiger charge is 2.17. The molecule has 3 aromatic rings. The van der Waals surface area contributed by atoms with Crippen molar-refractivity contribution in [3.8, 4) is 11.3 Å². The second kappa shape index (κ2) is 8.57. The van der Waals surface area contributed by atoms with Crippen LogP contribution < -0.4 is 5.43 Å². The number of benzene rings is 2. The number of carbonyl (C=O) groups is 2. The molecule has 5 heteroatoms. The van der Waals surface area contributed by atoms with Crippen molar-refractivity contribution in [2.75, 3.05) is 5.43 Å². The van der Waals surface area contributed by atoms with Crippen LogP contribution >= 0.6 is 0 Å². The molecule has 1 aromatic heterocycles. The fourth-order valence-corrected chi connectivity index (χ4v) is 3.28. The molecule has 0 saturated heterocycles. The van der Waals surface area contributed by atoms with Crippen molar-refractivity contribution >= 4 is 11.9 Å². The van der Waals surface area contributed by atoms with Crippen molar-refractivity contribution in [2.24, 2.45) is 0 Å². The topological polar surface area (TPSA) is 71.3 Å². The zero-order valence-electron chi connectivity index (χ0n) is 17.9. The number of aryl methyl sites for hydroxylation is 2. The van der Waals surface area contributed by atoms with Crippen LogP contribution in [0, 0.1) is 6.92 Å². The van der Waals surface area contributed by atoms with E-state index in [1.54, 1.807) is 4.68 Å². The number of carboxylic acids is 1. The van der Waals surface area contributed by atoms with E-state index in [9.17, 15) is 9.59 Å². The summed E-state index contributed by atoms with van der Waals surface area (Å²) in [7, 11) is 0. The molecule has 0 atom stereocenters. The van der Waals surface area contributed by atoms with Gasteiger partial charge in [0, 0.05) is 23.2 Å². The first-order chi connectivity index (χ1) is 14.1. The summed E-state index contributed by atoms with van der Waals surface area (Å²) in [6.45, 7) is 8.41. The van der Waals surface area contributed by atoms with E-state index in [-0.39, 0.29) is 17.7 Å². The van der Waals surface area contributed by atoms with Gasteiger partial charge in [0.2, 0.25) is 0 Å². The molecule has 3 rings (SSSR count). The van der Waals surface area contributed by atoms with E-state index in [1.807, 2.05) is 67.6 Å². The van der Waals surface area contributed by atoms with Gasteiger partial charge < -0.3 is 5.11 Å². The van der Waals surface area contributed by atoms with Crippen LogP contribution in [-0.2, 0) is 16.6 Å². The average Bonchev–Trinajstić information content (AvgIpc) is 3.09. The van der Waals surface area contributed by atoms with Gasteiger partial charge in [-0.25, -0.2) is 0 Å². The number of carboxylic acid groups (broad SMARTS) is 1. The SMILES string of the molecule is Cc1ccc(-c2ccc(CCC(=O)O)n2NC(=O)c2ccc(C(C)(C)C)cc2)cc1. The summed E-state index contributed by atoms with van der Waals surface area (Å²) in [5.74, 6) is -1.11. The van der Waals surface area contributed by atoms with E-state index < -0.39 is 5.97 Å². The molecule has 0 spiro atoms. The van der Waals surface area contributed by atoms with Crippen LogP contribution in [0.5, 0.6) is 0 Å². The minimum absolute atomic E-state index is 0.00645. The number of carbonyl (C=O) groups excluding carboxylic acids is 1. The summed E-state index contributed by atoms with van der Waals surface area (Å²) < 4.78 is 1.70. The monoisotopic (exact) mass is 404 g/mol. The van der Waals surface area contributed by atoms with E-state index in [0.717, 1.165) is 28.1 Å². The standard InChI is InChI=1S/C25H28N2O3/c1-17-5-7-18(8-6-17)22-15-13-21(14-16-23(28)29)27(22)26-24(30)19-9-11-20(12-10-19)25(2,3)4/h5-13,15H,14,16H2,1-4H3,(H,26,30)(H,28,29). The summed E-state index contributed by atoms with van der Waals surface area (Å²) in [6.07, 6.45) is 0.317. The molecule has 2 N–H and O–H groups in total. The molecular formula is C25H28N2O3. The van der Waals surface area contributed by atoms with E-state index in [4.69, 9.17) is 5.11 Å². The Labute approximate surface area is 177 Å². The number of nitrogens with one attached hydrogen (secondary N) is 1. The fraction of sp³-hybridized carbons (Fsp3) is 0.280. The lowest BCUT2D eigenvalue weighted by atomic mass is 9.87. The molecule has 0 bridgehead atoms. The third-order valence-corrected chi connectivity index (χ3v) is 5.13. The first kappa shape index (κ1) is 21.4. The maximum Gasteiger partial charge on any atom is 0.303 e. The van der Waals surface area contributed by atoms with Crippen LogP contribution in [0.4, 0.5) is 0 Å². The first-order valence-electron chi connectivity index (χ1n) is 10.1. The van der Waals surface area contributed by atoms with Crippen molar-refractivity contribution in [3.63, 3.8) is 0 Å². The fourth-order valence-electron chi connectivity index (χ4n) is 3.28.